The zero-order valence-electron chi connectivity index (χ0n) is 20.3. The lowest BCUT2D eigenvalue weighted by atomic mass is 9.88. The summed E-state index contributed by atoms with van der Waals surface area (Å²) in [7, 11) is 0. The molecule has 0 aliphatic carbocycles. The molecule has 0 saturated carbocycles. The highest BCUT2D eigenvalue weighted by Gasteiger charge is 2.24. The van der Waals surface area contributed by atoms with Crippen LogP contribution >= 0.6 is 0 Å². The van der Waals surface area contributed by atoms with E-state index in [4.69, 9.17) is 10.1 Å². The summed E-state index contributed by atoms with van der Waals surface area (Å²) in [5.74, 6) is 1.45. The Hall–Kier alpha value is -4.03. The van der Waals surface area contributed by atoms with Crippen LogP contribution in [0.2, 0.25) is 0 Å². The first-order valence-electron chi connectivity index (χ1n) is 12.7. The summed E-state index contributed by atoms with van der Waals surface area (Å²) in [5, 5.41) is 4.98. The molecule has 180 valence electrons. The fraction of sp³-hybridized carbons (Fsp3) is 0.233. The summed E-state index contributed by atoms with van der Waals surface area (Å²) in [4.78, 5) is 14.2. The number of rotatable bonds is 7. The molecule has 0 N–H and O–H groups in total. The Kier molecular flexibility index (Phi) is 6.42. The van der Waals surface area contributed by atoms with Gasteiger partial charge in [0.15, 0.2) is 0 Å². The second-order valence-electron chi connectivity index (χ2n) is 9.31. The monoisotopic (exact) mass is 474 g/mol. The molecule has 0 amide bonds. The summed E-state index contributed by atoms with van der Waals surface area (Å²) < 4.78 is 1.93. The number of aromatic nitrogens is 4. The Labute approximate surface area is 211 Å². The lowest BCUT2D eigenvalue weighted by molar-refractivity contribution is 0.260. The van der Waals surface area contributed by atoms with Crippen LogP contribution in [-0.4, -0.2) is 57.2 Å². The van der Waals surface area contributed by atoms with Gasteiger partial charge in [0.05, 0.1) is 11.6 Å². The van der Waals surface area contributed by atoms with Crippen molar-refractivity contribution in [3.05, 3.63) is 126 Å². The van der Waals surface area contributed by atoms with Gasteiger partial charge in [0.25, 0.3) is 5.78 Å². The molecule has 6 rings (SSSR count). The number of benzene rings is 3. The van der Waals surface area contributed by atoms with Gasteiger partial charge in [-0.25, -0.2) is 4.98 Å². The van der Waals surface area contributed by atoms with Crippen LogP contribution in [0.3, 0.4) is 0 Å². The molecule has 5 aromatic rings. The molecule has 3 heterocycles. The molecule has 3 aromatic carbocycles. The van der Waals surface area contributed by atoms with Gasteiger partial charge in [-0.1, -0.05) is 91.0 Å². The van der Waals surface area contributed by atoms with Crippen LogP contribution in [0.15, 0.2) is 103 Å². The lowest BCUT2D eigenvalue weighted by Crippen LogP contribution is -2.47. The predicted molar refractivity (Wildman–Crippen MR) is 143 cm³/mol. The van der Waals surface area contributed by atoms with Gasteiger partial charge in [-0.2, -0.15) is 9.50 Å². The molecule has 1 aliphatic rings. The molecule has 2 aromatic heterocycles. The molecule has 36 heavy (non-hydrogen) atoms. The van der Waals surface area contributed by atoms with Gasteiger partial charge in [-0.15, -0.1) is 5.10 Å². The first-order chi connectivity index (χ1) is 17.8. The maximum absolute atomic E-state index is 4.98. The summed E-state index contributed by atoms with van der Waals surface area (Å²) in [6.45, 7) is 4.94. The maximum Gasteiger partial charge on any atom is 0.254 e. The van der Waals surface area contributed by atoms with Gasteiger partial charge in [0.1, 0.15) is 0 Å². The van der Waals surface area contributed by atoms with Crippen molar-refractivity contribution in [3.63, 3.8) is 0 Å². The van der Waals surface area contributed by atoms with Gasteiger partial charge in [0.2, 0.25) is 5.95 Å². The van der Waals surface area contributed by atoms with Crippen molar-refractivity contribution in [3.8, 4) is 0 Å². The Morgan fingerprint density at radius 3 is 1.94 bits per heavy atom. The average Bonchev–Trinajstić information content (AvgIpc) is 3.40. The highest BCUT2D eigenvalue weighted by Crippen LogP contribution is 2.32. The SMILES string of the molecule is c1ccc(CCN2CCN(c3nc4nccc(C(c5ccccc5)c5ccccc5)n4n3)CC2)cc1. The Morgan fingerprint density at radius 2 is 1.31 bits per heavy atom. The number of hydrogen-bond acceptors (Lipinski definition) is 5. The number of anilines is 1. The van der Waals surface area contributed by atoms with Crippen LogP contribution in [0.4, 0.5) is 5.95 Å². The van der Waals surface area contributed by atoms with Crippen LogP contribution in [0.25, 0.3) is 5.78 Å². The van der Waals surface area contributed by atoms with Crippen LogP contribution in [0, 0.1) is 0 Å². The van der Waals surface area contributed by atoms with E-state index in [9.17, 15) is 0 Å². The molecular formula is C30H30N6. The standard InChI is InChI=1S/C30H30N6/c1-4-10-24(11-5-1)17-19-34-20-22-35(23-21-34)30-32-29-31-18-16-27(36(29)33-30)28(25-12-6-2-7-13-25)26-14-8-3-9-15-26/h1-16,18,28H,17,19-23H2. The molecule has 1 saturated heterocycles. The third-order valence-electron chi connectivity index (χ3n) is 7.03. The fourth-order valence-electron chi connectivity index (χ4n) is 5.08. The van der Waals surface area contributed by atoms with E-state index in [0.717, 1.165) is 50.8 Å². The Morgan fingerprint density at radius 1 is 0.694 bits per heavy atom. The van der Waals surface area contributed by atoms with E-state index in [1.165, 1.54) is 16.7 Å². The van der Waals surface area contributed by atoms with Gasteiger partial charge in [-0.3, -0.25) is 4.90 Å². The quantitative estimate of drug-likeness (QED) is 0.343. The van der Waals surface area contributed by atoms with Crippen molar-refractivity contribution >= 4 is 11.7 Å². The molecule has 0 atom stereocenters. The van der Waals surface area contributed by atoms with Crippen molar-refractivity contribution in [2.24, 2.45) is 0 Å². The van der Waals surface area contributed by atoms with Crippen molar-refractivity contribution in [1.29, 1.82) is 0 Å². The second-order valence-corrected chi connectivity index (χ2v) is 9.31. The maximum atomic E-state index is 4.98. The van der Waals surface area contributed by atoms with E-state index in [-0.39, 0.29) is 5.92 Å². The first kappa shape index (κ1) is 22.4. The molecule has 0 unspecified atom stereocenters. The van der Waals surface area contributed by atoms with E-state index < -0.39 is 0 Å². The van der Waals surface area contributed by atoms with Crippen molar-refractivity contribution < 1.29 is 0 Å². The zero-order chi connectivity index (χ0) is 24.2. The highest BCUT2D eigenvalue weighted by molar-refractivity contribution is 5.46. The number of nitrogens with zero attached hydrogens (tertiary/aromatic N) is 6. The first-order valence-corrected chi connectivity index (χ1v) is 12.7. The Bertz CT molecular complexity index is 1350. The predicted octanol–water partition coefficient (Wildman–Crippen LogP) is 4.67. The molecule has 1 fully saturated rings. The molecule has 6 nitrogen and oxygen atoms in total. The van der Waals surface area contributed by atoms with Crippen molar-refractivity contribution in [2.45, 2.75) is 12.3 Å². The van der Waals surface area contributed by atoms with Gasteiger partial charge in [-0.05, 0) is 29.2 Å². The van der Waals surface area contributed by atoms with E-state index >= 15 is 0 Å². The van der Waals surface area contributed by atoms with Crippen LogP contribution < -0.4 is 4.90 Å². The molecular weight excluding hydrogens is 444 g/mol. The zero-order valence-corrected chi connectivity index (χ0v) is 20.3. The van der Waals surface area contributed by atoms with E-state index in [2.05, 4.69) is 112 Å². The summed E-state index contributed by atoms with van der Waals surface area (Å²) in [5.41, 5.74) is 4.91. The minimum Gasteiger partial charge on any atom is -0.337 e. The fourth-order valence-corrected chi connectivity index (χ4v) is 5.08. The van der Waals surface area contributed by atoms with Crippen molar-refractivity contribution in [1.82, 2.24) is 24.5 Å². The lowest BCUT2D eigenvalue weighted by Gasteiger charge is -2.34. The van der Waals surface area contributed by atoms with E-state index in [1.807, 2.05) is 10.7 Å². The van der Waals surface area contributed by atoms with E-state index in [1.54, 1.807) is 0 Å². The molecule has 1 aliphatic heterocycles. The van der Waals surface area contributed by atoms with Gasteiger partial charge in [0, 0.05) is 38.9 Å². The third-order valence-corrected chi connectivity index (χ3v) is 7.03. The molecule has 0 spiro atoms. The topological polar surface area (TPSA) is 49.6 Å². The Balaban J connectivity index is 1.24. The molecule has 0 radical (unpaired) electrons. The van der Waals surface area contributed by atoms with Crippen LogP contribution in [-0.2, 0) is 6.42 Å². The average molecular weight is 475 g/mol. The number of hydrogen-bond donors (Lipinski definition) is 0. The van der Waals surface area contributed by atoms with Gasteiger partial charge >= 0.3 is 0 Å². The third kappa shape index (κ3) is 4.72. The van der Waals surface area contributed by atoms with Crippen molar-refractivity contribution in [2.75, 3.05) is 37.6 Å². The molecule has 6 heteroatoms. The summed E-state index contributed by atoms with van der Waals surface area (Å²) in [6, 6.07) is 34.0. The van der Waals surface area contributed by atoms with E-state index in [0.29, 0.717) is 5.78 Å². The number of fused-ring (bicyclic) bond motifs is 1. The second kappa shape index (κ2) is 10.3. The summed E-state index contributed by atoms with van der Waals surface area (Å²) >= 11 is 0. The summed E-state index contributed by atoms with van der Waals surface area (Å²) in [6.07, 6.45) is 2.94. The minimum atomic E-state index is 0.0438. The van der Waals surface area contributed by atoms with Crippen LogP contribution in [0.1, 0.15) is 28.3 Å². The van der Waals surface area contributed by atoms with Crippen LogP contribution in [0.5, 0.6) is 0 Å². The largest absolute Gasteiger partial charge is 0.337 e. The van der Waals surface area contributed by atoms with Gasteiger partial charge < -0.3 is 4.90 Å². The normalized spacial score (nSPS) is 14.5. The highest BCUT2D eigenvalue weighted by atomic mass is 15.4. The molecule has 0 bridgehead atoms. The minimum absolute atomic E-state index is 0.0438. The smallest absolute Gasteiger partial charge is 0.254 e. The number of piperazine rings is 1.